The van der Waals surface area contributed by atoms with Gasteiger partial charge in [-0.25, -0.2) is 4.98 Å². The number of hydrogen-bond acceptors (Lipinski definition) is 4. The number of aliphatic hydroxyl groups is 1. The van der Waals surface area contributed by atoms with E-state index in [-0.39, 0.29) is 0 Å². The first-order chi connectivity index (χ1) is 7.04. The summed E-state index contributed by atoms with van der Waals surface area (Å²) in [6.07, 6.45) is 0. The van der Waals surface area contributed by atoms with Crippen LogP contribution in [0.2, 0.25) is 0 Å². The minimum atomic E-state index is -0.710. The van der Waals surface area contributed by atoms with E-state index in [1.165, 1.54) is 0 Å². The summed E-state index contributed by atoms with van der Waals surface area (Å²) < 4.78 is 1.16. The van der Waals surface area contributed by atoms with Crippen molar-refractivity contribution in [3.8, 4) is 0 Å². The molecular formula is C11H14N2OS. The second-order valence-corrected chi connectivity index (χ2v) is 5.18. The summed E-state index contributed by atoms with van der Waals surface area (Å²) in [7, 11) is 0. The van der Waals surface area contributed by atoms with Crippen LogP contribution in [0, 0.1) is 0 Å². The number of nitrogens with zero attached hydrogens (tertiary/aromatic N) is 1. The van der Waals surface area contributed by atoms with Gasteiger partial charge in [-0.05, 0) is 26.0 Å². The van der Waals surface area contributed by atoms with Crippen LogP contribution >= 0.6 is 11.3 Å². The Labute approximate surface area is 92.8 Å². The van der Waals surface area contributed by atoms with Gasteiger partial charge in [0, 0.05) is 6.54 Å². The minimum absolute atomic E-state index is 0.507. The smallest absolute Gasteiger partial charge is 0.183 e. The predicted octanol–water partition coefficient (Wildman–Crippen LogP) is 2.48. The molecule has 0 atom stereocenters. The first-order valence-corrected chi connectivity index (χ1v) is 5.68. The van der Waals surface area contributed by atoms with Crippen LogP contribution in [0.25, 0.3) is 10.2 Å². The zero-order valence-electron chi connectivity index (χ0n) is 8.82. The molecule has 0 aliphatic rings. The highest BCUT2D eigenvalue weighted by molar-refractivity contribution is 7.22. The van der Waals surface area contributed by atoms with Crippen LogP contribution in [0.4, 0.5) is 5.13 Å². The monoisotopic (exact) mass is 222 g/mol. The van der Waals surface area contributed by atoms with Crippen molar-refractivity contribution in [2.45, 2.75) is 19.4 Å². The number of thiazole rings is 1. The Bertz CT molecular complexity index is 426. The van der Waals surface area contributed by atoms with Gasteiger partial charge in [-0.3, -0.25) is 0 Å². The summed E-state index contributed by atoms with van der Waals surface area (Å²) >= 11 is 1.60. The largest absolute Gasteiger partial charge is 0.389 e. The van der Waals surface area contributed by atoms with Gasteiger partial charge in [0.15, 0.2) is 5.13 Å². The molecule has 1 aromatic heterocycles. The molecule has 0 aliphatic heterocycles. The Morgan fingerprint density at radius 1 is 1.40 bits per heavy atom. The van der Waals surface area contributed by atoms with Crippen LogP contribution in [-0.2, 0) is 0 Å². The molecule has 0 amide bonds. The molecule has 0 saturated heterocycles. The molecule has 15 heavy (non-hydrogen) atoms. The van der Waals surface area contributed by atoms with Crippen molar-refractivity contribution in [2.75, 3.05) is 11.9 Å². The maximum absolute atomic E-state index is 9.57. The van der Waals surface area contributed by atoms with Gasteiger partial charge in [0.05, 0.1) is 15.8 Å². The van der Waals surface area contributed by atoms with Crippen LogP contribution in [0.1, 0.15) is 13.8 Å². The maximum atomic E-state index is 9.57. The summed E-state index contributed by atoms with van der Waals surface area (Å²) in [5.74, 6) is 0. The van der Waals surface area contributed by atoms with Gasteiger partial charge in [0.1, 0.15) is 0 Å². The Hall–Kier alpha value is -1.13. The SMILES string of the molecule is CC(C)(O)CNc1nc2ccccc2s1. The van der Waals surface area contributed by atoms with E-state index >= 15 is 0 Å². The lowest BCUT2D eigenvalue weighted by atomic mass is 10.1. The maximum Gasteiger partial charge on any atom is 0.183 e. The third-order valence-electron chi connectivity index (χ3n) is 1.97. The van der Waals surface area contributed by atoms with Crippen LogP contribution in [0.15, 0.2) is 24.3 Å². The van der Waals surface area contributed by atoms with Crippen LogP contribution < -0.4 is 5.32 Å². The zero-order valence-corrected chi connectivity index (χ0v) is 9.64. The summed E-state index contributed by atoms with van der Waals surface area (Å²) in [6, 6.07) is 8.01. The lowest BCUT2D eigenvalue weighted by Crippen LogP contribution is -2.29. The number of nitrogens with one attached hydrogen (secondary N) is 1. The predicted molar refractivity (Wildman–Crippen MR) is 64.4 cm³/mol. The van der Waals surface area contributed by atoms with Crippen LogP contribution in [0.5, 0.6) is 0 Å². The van der Waals surface area contributed by atoms with Crippen molar-refractivity contribution < 1.29 is 5.11 Å². The second kappa shape index (κ2) is 3.79. The lowest BCUT2D eigenvalue weighted by molar-refractivity contribution is 0.0945. The molecule has 0 spiro atoms. The molecule has 3 nitrogen and oxygen atoms in total. The van der Waals surface area contributed by atoms with Gasteiger partial charge in [0.2, 0.25) is 0 Å². The number of anilines is 1. The summed E-state index contributed by atoms with van der Waals surface area (Å²) in [4.78, 5) is 4.41. The van der Waals surface area contributed by atoms with Crippen molar-refractivity contribution in [3.05, 3.63) is 24.3 Å². The summed E-state index contributed by atoms with van der Waals surface area (Å²) in [5.41, 5.74) is 0.290. The van der Waals surface area contributed by atoms with E-state index in [4.69, 9.17) is 0 Å². The average Bonchev–Trinajstić information content (AvgIpc) is 2.56. The molecule has 2 N–H and O–H groups in total. The van der Waals surface area contributed by atoms with Gasteiger partial charge < -0.3 is 10.4 Å². The molecule has 0 bridgehead atoms. The summed E-state index contributed by atoms with van der Waals surface area (Å²) in [5, 5.41) is 13.6. The number of aromatic nitrogens is 1. The summed E-state index contributed by atoms with van der Waals surface area (Å²) in [6.45, 7) is 4.05. The molecule has 1 heterocycles. The Morgan fingerprint density at radius 3 is 2.80 bits per heavy atom. The third kappa shape index (κ3) is 2.67. The molecule has 4 heteroatoms. The number of para-hydroxylation sites is 1. The fourth-order valence-electron chi connectivity index (χ4n) is 1.24. The quantitative estimate of drug-likeness (QED) is 0.838. The molecule has 0 aliphatic carbocycles. The number of fused-ring (bicyclic) bond motifs is 1. The van der Waals surface area contributed by atoms with E-state index in [1.807, 2.05) is 24.3 Å². The highest BCUT2D eigenvalue weighted by Gasteiger charge is 2.12. The van der Waals surface area contributed by atoms with Crippen molar-refractivity contribution in [1.82, 2.24) is 4.98 Å². The minimum Gasteiger partial charge on any atom is -0.389 e. The molecule has 0 radical (unpaired) electrons. The highest BCUT2D eigenvalue weighted by Crippen LogP contribution is 2.25. The number of rotatable bonds is 3. The van der Waals surface area contributed by atoms with Gasteiger partial charge in [-0.15, -0.1) is 0 Å². The molecule has 2 rings (SSSR count). The Balaban J connectivity index is 2.16. The normalized spacial score (nSPS) is 11.9. The van der Waals surface area contributed by atoms with Gasteiger partial charge in [0.25, 0.3) is 0 Å². The third-order valence-corrected chi connectivity index (χ3v) is 2.96. The van der Waals surface area contributed by atoms with Crippen LogP contribution in [0.3, 0.4) is 0 Å². The molecule has 80 valence electrons. The molecule has 1 aromatic carbocycles. The first-order valence-electron chi connectivity index (χ1n) is 4.86. The standard InChI is InChI=1S/C11H14N2OS/c1-11(2,14)7-12-10-13-8-5-3-4-6-9(8)15-10/h3-6,14H,7H2,1-2H3,(H,12,13). The topological polar surface area (TPSA) is 45.1 Å². The van der Waals surface area contributed by atoms with Crippen molar-refractivity contribution in [1.29, 1.82) is 0 Å². The molecular weight excluding hydrogens is 208 g/mol. The molecule has 0 fully saturated rings. The van der Waals surface area contributed by atoms with E-state index in [2.05, 4.69) is 10.3 Å². The highest BCUT2D eigenvalue weighted by atomic mass is 32.1. The number of benzene rings is 1. The van der Waals surface area contributed by atoms with E-state index in [0.717, 1.165) is 15.3 Å². The second-order valence-electron chi connectivity index (χ2n) is 4.15. The Kier molecular flexibility index (Phi) is 2.63. The molecule has 0 saturated carbocycles. The molecule has 2 aromatic rings. The van der Waals surface area contributed by atoms with Crippen molar-refractivity contribution >= 4 is 26.7 Å². The zero-order chi connectivity index (χ0) is 10.9. The number of hydrogen-bond donors (Lipinski definition) is 2. The van der Waals surface area contributed by atoms with Gasteiger partial charge in [-0.1, -0.05) is 23.5 Å². The van der Waals surface area contributed by atoms with E-state index in [9.17, 15) is 5.11 Å². The fourth-order valence-corrected chi connectivity index (χ4v) is 2.10. The lowest BCUT2D eigenvalue weighted by Gasteiger charge is -2.16. The first kappa shape index (κ1) is 10.4. The van der Waals surface area contributed by atoms with E-state index in [0.29, 0.717) is 6.54 Å². The average molecular weight is 222 g/mol. The van der Waals surface area contributed by atoms with Crippen molar-refractivity contribution in [2.24, 2.45) is 0 Å². The van der Waals surface area contributed by atoms with E-state index < -0.39 is 5.60 Å². The van der Waals surface area contributed by atoms with Crippen LogP contribution in [-0.4, -0.2) is 22.2 Å². The fraction of sp³-hybridized carbons (Fsp3) is 0.364. The Morgan fingerprint density at radius 2 is 2.13 bits per heavy atom. The molecule has 0 unspecified atom stereocenters. The van der Waals surface area contributed by atoms with E-state index in [1.54, 1.807) is 25.2 Å². The van der Waals surface area contributed by atoms with Gasteiger partial charge >= 0.3 is 0 Å². The van der Waals surface area contributed by atoms with Crippen molar-refractivity contribution in [3.63, 3.8) is 0 Å². The van der Waals surface area contributed by atoms with Gasteiger partial charge in [-0.2, -0.15) is 0 Å².